The lowest BCUT2D eigenvalue weighted by atomic mass is 10.1. The highest BCUT2D eigenvalue weighted by Gasteiger charge is 2.29. The highest BCUT2D eigenvalue weighted by atomic mass is 32.2. The number of fused-ring (bicyclic) bond motifs is 1. The van der Waals surface area contributed by atoms with E-state index >= 15 is 0 Å². The molecule has 226 valence electrons. The van der Waals surface area contributed by atoms with Gasteiger partial charge in [0.2, 0.25) is 9.84 Å². The third-order valence-electron chi connectivity index (χ3n) is 7.92. The third-order valence-corrected chi connectivity index (χ3v) is 9.67. The average molecular weight is 607 g/mol. The lowest BCUT2D eigenvalue weighted by molar-refractivity contribution is 0.0343. The van der Waals surface area contributed by atoms with Gasteiger partial charge in [-0.2, -0.15) is 9.89 Å². The van der Waals surface area contributed by atoms with Gasteiger partial charge >= 0.3 is 0 Å². The van der Waals surface area contributed by atoms with Gasteiger partial charge in [-0.3, -0.25) is 9.80 Å². The van der Waals surface area contributed by atoms with Crippen molar-refractivity contribution in [3.05, 3.63) is 84.3 Å². The molecular weight excluding hydrogens is 571 g/mol. The molecule has 3 aromatic carbocycles. The molecule has 1 amide bonds. The van der Waals surface area contributed by atoms with Crippen molar-refractivity contribution in [2.45, 2.75) is 47.9 Å². The molecule has 0 spiro atoms. The normalized spacial score (nSPS) is 20.1. The van der Waals surface area contributed by atoms with Crippen LogP contribution in [0.15, 0.2) is 82.7 Å². The second-order valence-corrected chi connectivity index (χ2v) is 13.0. The summed E-state index contributed by atoms with van der Waals surface area (Å²) < 4.78 is 46.0. The molecule has 2 aliphatic rings. The van der Waals surface area contributed by atoms with Crippen LogP contribution in [0.3, 0.4) is 0 Å². The summed E-state index contributed by atoms with van der Waals surface area (Å²) in [5.74, 6) is -0.834. The second-order valence-electron chi connectivity index (χ2n) is 11.0. The highest BCUT2D eigenvalue weighted by Crippen LogP contribution is 2.26. The number of anilines is 1. The first-order valence-electron chi connectivity index (χ1n) is 14.5. The van der Waals surface area contributed by atoms with E-state index in [-0.39, 0.29) is 21.9 Å². The second kappa shape index (κ2) is 12.3. The Morgan fingerprint density at radius 2 is 1.84 bits per heavy atom. The summed E-state index contributed by atoms with van der Waals surface area (Å²) in [6.07, 6.45) is 4.90. The molecule has 2 saturated heterocycles. The Morgan fingerprint density at radius 1 is 1.00 bits per heavy atom. The minimum Gasteiger partial charge on any atom is -0.359 e. The number of rotatable bonds is 7. The zero-order valence-electron chi connectivity index (χ0n) is 23.9. The van der Waals surface area contributed by atoms with Crippen molar-refractivity contribution in [2.75, 3.05) is 43.6 Å². The standard InChI is InChI=1S/C31H35FN6O4S/c1-36-15-7-16-37(29(21-36)35-31(39)26-10-2-3-11-27(26)34-30-12-4-5-17-42-30)38-28-14-13-25(18-22(28)20-33-38)43(40,41)24-9-6-8-23(32)19-24/h2-3,6,8-11,13-14,18-20,29-30,34H,4-5,7,12,15-17,21H2,1H3,(H,35,39). The van der Waals surface area contributed by atoms with Gasteiger partial charge in [-0.1, -0.05) is 18.2 Å². The van der Waals surface area contributed by atoms with E-state index in [0.717, 1.165) is 44.0 Å². The van der Waals surface area contributed by atoms with Gasteiger partial charge in [0.05, 0.1) is 27.1 Å². The van der Waals surface area contributed by atoms with Crippen LogP contribution in [0.2, 0.25) is 0 Å². The van der Waals surface area contributed by atoms with Crippen molar-refractivity contribution in [1.29, 1.82) is 0 Å². The first-order valence-corrected chi connectivity index (χ1v) is 16.0. The summed E-state index contributed by atoms with van der Waals surface area (Å²) in [5.41, 5.74) is 1.94. The zero-order valence-corrected chi connectivity index (χ0v) is 24.8. The molecule has 0 saturated carbocycles. The lowest BCUT2D eigenvalue weighted by Gasteiger charge is -2.33. The number of likely N-dealkylation sites (N-methyl/N-ethyl adjacent to an activating group) is 1. The van der Waals surface area contributed by atoms with Crippen molar-refractivity contribution >= 4 is 32.3 Å². The number of benzene rings is 3. The van der Waals surface area contributed by atoms with Crippen LogP contribution >= 0.6 is 0 Å². The van der Waals surface area contributed by atoms with E-state index in [2.05, 4.69) is 20.6 Å². The van der Waals surface area contributed by atoms with Gasteiger partial charge in [-0.05, 0) is 87.8 Å². The summed E-state index contributed by atoms with van der Waals surface area (Å²) >= 11 is 0. The maximum Gasteiger partial charge on any atom is 0.255 e. The molecule has 2 atom stereocenters. The number of sulfone groups is 1. The summed E-state index contributed by atoms with van der Waals surface area (Å²) in [4.78, 5) is 17.6. The molecule has 43 heavy (non-hydrogen) atoms. The van der Waals surface area contributed by atoms with Crippen LogP contribution < -0.4 is 15.6 Å². The van der Waals surface area contributed by atoms with Crippen molar-refractivity contribution in [3.63, 3.8) is 0 Å². The maximum atomic E-state index is 13.8. The van der Waals surface area contributed by atoms with Gasteiger partial charge in [0.15, 0.2) is 0 Å². The van der Waals surface area contributed by atoms with E-state index in [4.69, 9.17) is 4.74 Å². The number of amides is 1. The van der Waals surface area contributed by atoms with E-state index in [0.29, 0.717) is 36.2 Å². The molecule has 2 aliphatic heterocycles. The number of nitrogens with one attached hydrogen (secondary N) is 2. The van der Waals surface area contributed by atoms with E-state index in [1.807, 2.05) is 30.3 Å². The molecule has 6 rings (SSSR count). The first kappa shape index (κ1) is 29.1. The van der Waals surface area contributed by atoms with Gasteiger partial charge < -0.3 is 20.3 Å². The molecule has 3 heterocycles. The smallest absolute Gasteiger partial charge is 0.255 e. The van der Waals surface area contributed by atoms with Crippen molar-refractivity contribution < 1.29 is 22.3 Å². The van der Waals surface area contributed by atoms with Crippen molar-refractivity contribution in [1.82, 2.24) is 20.1 Å². The molecule has 2 N–H and O–H groups in total. The molecule has 12 heteroatoms. The van der Waals surface area contributed by atoms with Crippen LogP contribution in [0.4, 0.5) is 10.1 Å². The molecule has 0 bridgehead atoms. The van der Waals surface area contributed by atoms with Crippen LogP contribution in [0, 0.1) is 5.82 Å². The summed E-state index contributed by atoms with van der Waals surface area (Å²) in [7, 11) is -1.91. The Bertz CT molecular complexity index is 1720. The monoisotopic (exact) mass is 606 g/mol. The number of ether oxygens (including phenoxy) is 1. The van der Waals surface area contributed by atoms with Gasteiger partial charge in [-0.25, -0.2) is 12.8 Å². The van der Waals surface area contributed by atoms with Crippen LogP contribution in [0.5, 0.6) is 0 Å². The predicted molar refractivity (Wildman–Crippen MR) is 162 cm³/mol. The Morgan fingerprint density at radius 3 is 2.65 bits per heavy atom. The van der Waals surface area contributed by atoms with E-state index in [1.165, 1.54) is 24.3 Å². The Hall–Kier alpha value is -4.00. The summed E-state index contributed by atoms with van der Waals surface area (Å²) in [6, 6.07) is 17.2. The van der Waals surface area contributed by atoms with Gasteiger partial charge in [0.25, 0.3) is 5.91 Å². The summed E-state index contributed by atoms with van der Waals surface area (Å²) in [5, 5.41) is 13.8. The fourth-order valence-electron chi connectivity index (χ4n) is 5.69. The number of nitrogens with zero attached hydrogens (tertiary/aromatic N) is 4. The highest BCUT2D eigenvalue weighted by molar-refractivity contribution is 7.91. The fraction of sp³-hybridized carbons (Fsp3) is 0.355. The van der Waals surface area contributed by atoms with Crippen LogP contribution in [0.25, 0.3) is 10.9 Å². The molecule has 0 aliphatic carbocycles. The molecular formula is C31H35FN6O4S. The van der Waals surface area contributed by atoms with Crippen molar-refractivity contribution in [2.24, 2.45) is 0 Å². The Kier molecular flexibility index (Phi) is 8.33. The lowest BCUT2D eigenvalue weighted by Crippen LogP contribution is -2.56. The average Bonchev–Trinajstić information content (AvgIpc) is 3.34. The quantitative estimate of drug-likeness (QED) is 0.325. The zero-order chi connectivity index (χ0) is 30.0. The summed E-state index contributed by atoms with van der Waals surface area (Å²) in [6.45, 7) is 2.71. The number of carbonyl (C=O) groups excluding carboxylic acids is 1. The van der Waals surface area contributed by atoms with Crippen molar-refractivity contribution in [3.8, 4) is 0 Å². The largest absolute Gasteiger partial charge is 0.359 e. The Balaban J connectivity index is 1.28. The van der Waals surface area contributed by atoms with Crippen LogP contribution in [-0.4, -0.2) is 74.8 Å². The first-order chi connectivity index (χ1) is 20.8. The van der Waals surface area contributed by atoms with Gasteiger partial charge in [-0.15, -0.1) is 0 Å². The van der Waals surface area contributed by atoms with Crippen LogP contribution in [0.1, 0.15) is 36.0 Å². The minimum absolute atomic E-state index is 0.0525. The number of carbonyl (C=O) groups is 1. The van der Waals surface area contributed by atoms with Gasteiger partial charge in [0, 0.05) is 30.8 Å². The SMILES string of the molecule is CN1CCCN(n2ncc3cc(S(=O)(=O)c4cccc(F)c4)ccc32)C(NC(=O)c2ccccc2NC2CCCCO2)C1. The minimum atomic E-state index is -3.92. The Labute approximate surface area is 250 Å². The topological polar surface area (TPSA) is 109 Å². The van der Waals surface area contributed by atoms with E-state index in [9.17, 15) is 17.6 Å². The molecule has 4 aromatic rings. The number of aromatic nitrogens is 2. The number of halogens is 1. The molecule has 2 unspecified atom stereocenters. The number of hydrogen-bond donors (Lipinski definition) is 2. The van der Waals surface area contributed by atoms with E-state index in [1.54, 1.807) is 29.2 Å². The predicted octanol–water partition coefficient (Wildman–Crippen LogP) is 3.98. The maximum absolute atomic E-state index is 13.8. The number of para-hydroxylation sites is 1. The molecule has 1 aromatic heterocycles. The fourth-order valence-corrected chi connectivity index (χ4v) is 7.02. The van der Waals surface area contributed by atoms with E-state index < -0.39 is 21.8 Å². The number of hydrogen-bond acceptors (Lipinski definition) is 8. The molecule has 10 nitrogen and oxygen atoms in total. The third kappa shape index (κ3) is 6.22. The molecule has 2 fully saturated rings. The van der Waals surface area contributed by atoms with Gasteiger partial charge in [0.1, 0.15) is 18.2 Å². The molecule has 0 radical (unpaired) electrons. The van der Waals surface area contributed by atoms with Crippen LogP contribution in [-0.2, 0) is 14.6 Å².